The highest BCUT2D eigenvalue weighted by molar-refractivity contribution is 7.22. The van der Waals surface area contributed by atoms with Gasteiger partial charge in [0.05, 0.1) is 22.4 Å². The SMILES string of the molecule is C=C(/C=C(\C=C(/N)c1cccnc1)c1cc2ccccc2s1)c1ccc2c3ccc4cc(-c5cc(-c6cc7ccccc7s6)cc(-c6cccnc6)n5)ccc4c3n(-c3ccccc3)c2c1. The maximum Gasteiger partial charge on any atom is 0.0731 e. The summed E-state index contributed by atoms with van der Waals surface area (Å²) in [5, 5.41) is 7.09. The van der Waals surface area contributed by atoms with E-state index in [1.807, 2.05) is 30.5 Å². The highest BCUT2D eigenvalue weighted by atomic mass is 32.1. The van der Waals surface area contributed by atoms with Crippen molar-refractivity contribution in [3.05, 3.63) is 235 Å². The maximum atomic E-state index is 6.75. The normalized spacial score (nSPS) is 12.2. The molecule has 0 bridgehead atoms. The third-order valence-electron chi connectivity index (χ3n) is 12.3. The Balaban J connectivity index is 0.997. The Bertz CT molecular complexity index is 3830. The van der Waals surface area contributed by atoms with Gasteiger partial charge in [0.15, 0.2) is 0 Å². The molecule has 2 N–H and O–H groups in total. The lowest BCUT2D eigenvalue weighted by molar-refractivity contribution is 1.19. The zero-order valence-electron chi connectivity index (χ0n) is 35.6. The number of hydrogen-bond donors (Lipinski definition) is 1. The van der Waals surface area contributed by atoms with Crippen molar-refractivity contribution in [1.82, 2.24) is 19.5 Å². The molecule has 7 heteroatoms. The molecular formula is C59H39N5S2. The molecule has 12 rings (SSSR count). The van der Waals surface area contributed by atoms with Crippen molar-refractivity contribution in [3.8, 4) is 38.6 Å². The summed E-state index contributed by atoms with van der Waals surface area (Å²) in [6.07, 6.45) is 11.5. The highest BCUT2D eigenvalue weighted by Crippen LogP contribution is 2.41. The Morgan fingerprint density at radius 3 is 2.00 bits per heavy atom. The van der Waals surface area contributed by atoms with Crippen LogP contribution in [-0.2, 0) is 0 Å². The van der Waals surface area contributed by atoms with Crippen LogP contribution in [0.3, 0.4) is 0 Å². The summed E-state index contributed by atoms with van der Waals surface area (Å²) in [5.74, 6) is 0. The van der Waals surface area contributed by atoms with Gasteiger partial charge in [0.1, 0.15) is 0 Å². The molecule has 0 spiro atoms. The molecule has 0 saturated carbocycles. The summed E-state index contributed by atoms with van der Waals surface area (Å²) in [6, 6.07) is 62.5. The van der Waals surface area contributed by atoms with E-state index in [9.17, 15) is 0 Å². The summed E-state index contributed by atoms with van der Waals surface area (Å²) >= 11 is 3.56. The quantitative estimate of drug-likeness (QED) is 0.147. The smallest absolute Gasteiger partial charge is 0.0731 e. The van der Waals surface area contributed by atoms with Crippen molar-refractivity contribution in [2.75, 3.05) is 0 Å². The van der Waals surface area contributed by atoms with Crippen molar-refractivity contribution in [1.29, 1.82) is 0 Å². The molecule has 12 aromatic rings. The van der Waals surface area contributed by atoms with Crippen LogP contribution in [0.25, 0.3) is 108 Å². The Morgan fingerprint density at radius 2 is 1.24 bits per heavy atom. The van der Waals surface area contributed by atoms with E-state index in [2.05, 4.69) is 185 Å². The molecular weight excluding hydrogens is 843 g/mol. The fourth-order valence-corrected chi connectivity index (χ4v) is 11.1. The number of fused-ring (bicyclic) bond motifs is 7. The molecule has 6 heterocycles. The lowest BCUT2D eigenvalue weighted by Crippen LogP contribution is -1.97. The minimum atomic E-state index is 0.642. The summed E-state index contributed by atoms with van der Waals surface area (Å²) in [4.78, 5) is 16.3. The van der Waals surface area contributed by atoms with E-state index >= 15 is 0 Å². The van der Waals surface area contributed by atoms with Crippen LogP contribution in [0.4, 0.5) is 0 Å². The van der Waals surface area contributed by atoms with E-state index in [1.165, 1.54) is 35.8 Å². The van der Waals surface area contributed by atoms with E-state index in [0.29, 0.717) is 5.70 Å². The molecule has 0 atom stereocenters. The van der Waals surface area contributed by atoms with Crippen molar-refractivity contribution < 1.29 is 0 Å². The maximum absolute atomic E-state index is 6.75. The molecule has 6 aromatic heterocycles. The lowest BCUT2D eigenvalue weighted by Gasteiger charge is -2.12. The fourth-order valence-electron chi connectivity index (χ4n) is 9.01. The van der Waals surface area contributed by atoms with E-state index < -0.39 is 0 Å². The molecule has 0 aliphatic carbocycles. The van der Waals surface area contributed by atoms with E-state index in [-0.39, 0.29) is 0 Å². The van der Waals surface area contributed by atoms with Crippen LogP contribution in [0.15, 0.2) is 219 Å². The van der Waals surface area contributed by atoms with E-state index in [1.54, 1.807) is 41.3 Å². The first-order valence-corrected chi connectivity index (χ1v) is 23.4. The first-order chi connectivity index (χ1) is 32.5. The van der Waals surface area contributed by atoms with Crippen LogP contribution >= 0.6 is 22.7 Å². The monoisotopic (exact) mass is 881 g/mol. The second-order valence-corrected chi connectivity index (χ2v) is 18.6. The number of nitrogens with zero attached hydrogens (tertiary/aromatic N) is 4. The highest BCUT2D eigenvalue weighted by Gasteiger charge is 2.18. The molecule has 312 valence electrons. The summed E-state index contributed by atoms with van der Waals surface area (Å²) in [6.45, 7) is 4.67. The van der Waals surface area contributed by atoms with Crippen molar-refractivity contribution >= 4 is 92.3 Å². The second kappa shape index (κ2) is 16.4. The topological polar surface area (TPSA) is 69.6 Å². The predicted molar refractivity (Wildman–Crippen MR) is 281 cm³/mol. The Kier molecular flexibility index (Phi) is 9.78. The number of pyridine rings is 3. The van der Waals surface area contributed by atoms with Crippen LogP contribution < -0.4 is 5.73 Å². The molecule has 0 saturated heterocycles. The number of hydrogen-bond acceptors (Lipinski definition) is 6. The van der Waals surface area contributed by atoms with Gasteiger partial charge in [0, 0.05) is 88.2 Å². The van der Waals surface area contributed by atoms with Gasteiger partial charge >= 0.3 is 0 Å². The molecule has 0 aliphatic rings. The molecule has 0 fully saturated rings. The van der Waals surface area contributed by atoms with Gasteiger partial charge in [-0.05, 0) is 136 Å². The minimum Gasteiger partial charge on any atom is -0.398 e. The number of allylic oxidation sites excluding steroid dienone is 4. The first kappa shape index (κ1) is 39.4. The van der Waals surface area contributed by atoms with Crippen LogP contribution in [0.2, 0.25) is 0 Å². The molecule has 0 amide bonds. The molecule has 0 unspecified atom stereocenters. The van der Waals surface area contributed by atoms with Gasteiger partial charge < -0.3 is 10.3 Å². The van der Waals surface area contributed by atoms with Crippen LogP contribution in [0.1, 0.15) is 16.0 Å². The van der Waals surface area contributed by atoms with Gasteiger partial charge in [0.2, 0.25) is 0 Å². The Hall–Kier alpha value is -8.23. The Morgan fingerprint density at radius 1 is 0.530 bits per heavy atom. The molecule has 5 nitrogen and oxygen atoms in total. The third kappa shape index (κ3) is 7.17. The molecule has 66 heavy (non-hydrogen) atoms. The fraction of sp³-hybridized carbons (Fsp3) is 0. The third-order valence-corrected chi connectivity index (χ3v) is 14.6. The summed E-state index contributed by atoms with van der Waals surface area (Å²) in [7, 11) is 0. The standard InChI is InChI=1S/C59H39N5S2/c1-37(27-45(29-51(60)43-13-9-25-61-35-43)57-33-41-11-5-7-17-55(41)65-57)38-19-23-49-50-24-20-39-28-40(21-22-48(39)59(50)64(54(49)32-38)47-15-3-2-4-16-47)52-30-46(31-53(63-52)44-14-10-26-62-36-44)58-34-42-12-6-8-18-56(42)66-58/h2-36H,1,60H2/b45-27+,51-29-. The number of benzene rings is 6. The lowest BCUT2D eigenvalue weighted by atomic mass is 9.99. The summed E-state index contributed by atoms with van der Waals surface area (Å²) in [5.41, 5.74) is 19.5. The van der Waals surface area contributed by atoms with Crippen molar-refractivity contribution in [2.24, 2.45) is 5.73 Å². The zero-order valence-corrected chi connectivity index (χ0v) is 37.2. The largest absolute Gasteiger partial charge is 0.398 e. The molecule has 6 aromatic carbocycles. The van der Waals surface area contributed by atoms with Gasteiger partial charge in [-0.1, -0.05) is 97.6 Å². The van der Waals surface area contributed by atoms with Gasteiger partial charge in [-0.15, -0.1) is 22.7 Å². The molecule has 0 aliphatic heterocycles. The van der Waals surface area contributed by atoms with Gasteiger partial charge in [-0.2, -0.15) is 0 Å². The predicted octanol–water partition coefficient (Wildman–Crippen LogP) is 15.6. The first-order valence-electron chi connectivity index (χ1n) is 21.8. The van der Waals surface area contributed by atoms with Crippen LogP contribution in [0.5, 0.6) is 0 Å². The van der Waals surface area contributed by atoms with Gasteiger partial charge in [0.25, 0.3) is 0 Å². The van der Waals surface area contributed by atoms with Crippen LogP contribution in [-0.4, -0.2) is 19.5 Å². The second-order valence-electron chi connectivity index (χ2n) is 16.4. The number of rotatable bonds is 9. The Labute approximate surface area is 389 Å². The van der Waals surface area contributed by atoms with E-state index in [0.717, 1.165) is 82.7 Å². The summed E-state index contributed by atoms with van der Waals surface area (Å²) < 4.78 is 4.89. The van der Waals surface area contributed by atoms with Crippen LogP contribution in [0, 0.1) is 0 Å². The van der Waals surface area contributed by atoms with E-state index in [4.69, 9.17) is 10.7 Å². The number of para-hydroxylation sites is 1. The van der Waals surface area contributed by atoms with Gasteiger partial charge in [-0.3, -0.25) is 9.97 Å². The zero-order chi connectivity index (χ0) is 44.1. The minimum absolute atomic E-state index is 0.642. The number of aromatic nitrogens is 4. The van der Waals surface area contributed by atoms with Gasteiger partial charge in [-0.25, -0.2) is 4.98 Å². The average molecular weight is 882 g/mol. The van der Waals surface area contributed by atoms with Crippen molar-refractivity contribution in [2.45, 2.75) is 0 Å². The average Bonchev–Trinajstić information content (AvgIpc) is 4.11. The number of nitrogens with two attached hydrogens (primary N) is 1. The van der Waals surface area contributed by atoms with Crippen molar-refractivity contribution in [3.63, 3.8) is 0 Å². The molecule has 0 radical (unpaired) electrons. The number of thiophene rings is 2.